The number of thiophene rings is 2. The molecule has 0 bridgehead atoms. The summed E-state index contributed by atoms with van der Waals surface area (Å²) in [7, 11) is 1.33. The van der Waals surface area contributed by atoms with Crippen molar-refractivity contribution in [3.8, 4) is 0 Å². The molecule has 0 saturated carbocycles. The van der Waals surface area contributed by atoms with Crippen LogP contribution in [0, 0.1) is 20.8 Å². The summed E-state index contributed by atoms with van der Waals surface area (Å²) in [6.07, 6.45) is 0. The first-order chi connectivity index (χ1) is 9.42. The van der Waals surface area contributed by atoms with Gasteiger partial charge in [0.05, 0.1) is 17.6 Å². The van der Waals surface area contributed by atoms with Crippen LogP contribution in [0.5, 0.6) is 0 Å². The summed E-state index contributed by atoms with van der Waals surface area (Å²) in [5.74, 6) is -0.638. The van der Waals surface area contributed by atoms with E-state index in [0.29, 0.717) is 15.4 Å². The molecule has 0 radical (unpaired) electrons. The molecular weight excluding hydrogens is 294 g/mol. The second-order valence-corrected chi connectivity index (χ2v) is 6.91. The zero-order valence-corrected chi connectivity index (χ0v) is 13.3. The molecule has 6 heteroatoms. The highest BCUT2D eigenvalue weighted by molar-refractivity contribution is 7.17. The van der Waals surface area contributed by atoms with Gasteiger partial charge < -0.3 is 10.1 Å². The number of esters is 1. The molecule has 106 valence electrons. The predicted octanol–water partition coefficient (Wildman–Crippen LogP) is 3.77. The predicted molar refractivity (Wildman–Crippen MR) is 82.1 cm³/mol. The average molecular weight is 309 g/mol. The first-order valence-corrected chi connectivity index (χ1v) is 7.62. The van der Waals surface area contributed by atoms with E-state index in [4.69, 9.17) is 4.74 Å². The van der Waals surface area contributed by atoms with Crippen molar-refractivity contribution in [3.05, 3.63) is 37.9 Å². The normalized spacial score (nSPS) is 10.4. The van der Waals surface area contributed by atoms with Crippen molar-refractivity contribution in [2.24, 2.45) is 0 Å². The highest BCUT2D eigenvalue weighted by Gasteiger charge is 2.19. The van der Waals surface area contributed by atoms with E-state index in [1.165, 1.54) is 29.8 Å². The second kappa shape index (κ2) is 5.76. The fourth-order valence-electron chi connectivity index (χ4n) is 1.72. The number of carbonyl (C=O) groups excluding carboxylic acids is 2. The largest absolute Gasteiger partial charge is 0.465 e. The van der Waals surface area contributed by atoms with Gasteiger partial charge in [-0.05, 0) is 38.5 Å². The average Bonchev–Trinajstić information content (AvgIpc) is 2.92. The summed E-state index contributed by atoms with van der Waals surface area (Å²) >= 11 is 2.81. The van der Waals surface area contributed by atoms with Gasteiger partial charge in [-0.1, -0.05) is 0 Å². The van der Waals surface area contributed by atoms with E-state index in [-0.39, 0.29) is 5.91 Å². The molecule has 0 aromatic carbocycles. The van der Waals surface area contributed by atoms with Crippen molar-refractivity contribution in [3.63, 3.8) is 0 Å². The molecule has 1 amide bonds. The third-order valence-corrected chi connectivity index (χ3v) is 4.99. The van der Waals surface area contributed by atoms with Crippen molar-refractivity contribution in [1.29, 1.82) is 0 Å². The lowest BCUT2D eigenvalue weighted by Crippen LogP contribution is -2.12. The number of amides is 1. The molecule has 0 atom stereocenters. The monoisotopic (exact) mass is 309 g/mol. The van der Waals surface area contributed by atoms with Crippen molar-refractivity contribution in [1.82, 2.24) is 0 Å². The van der Waals surface area contributed by atoms with Crippen molar-refractivity contribution >= 4 is 39.6 Å². The molecule has 2 aromatic rings. The van der Waals surface area contributed by atoms with Gasteiger partial charge in [-0.25, -0.2) is 4.79 Å². The Morgan fingerprint density at radius 2 is 1.85 bits per heavy atom. The van der Waals surface area contributed by atoms with Crippen LogP contribution in [0.3, 0.4) is 0 Å². The van der Waals surface area contributed by atoms with E-state index < -0.39 is 5.97 Å². The number of hydrogen-bond acceptors (Lipinski definition) is 5. The zero-order chi connectivity index (χ0) is 14.9. The number of carbonyl (C=O) groups is 2. The molecule has 20 heavy (non-hydrogen) atoms. The summed E-state index contributed by atoms with van der Waals surface area (Å²) in [5, 5.41) is 3.32. The van der Waals surface area contributed by atoms with Gasteiger partial charge >= 0.3 is 5.97 Å². The van der Waals surface area contributed by atoms with Gasteiger partial charge in [0.2, 0.25) is 0 Å². The smallest absolute Gasteiger partial charge is 0.340 e. The van der Waals surface area contributed by atoms with Crippen molar-refractivity contribution < 1.29 is 14.3 Å². The molecule has 0 unspecified atom stereocenters. The van der Waals surface area contributed by atoms with Gasteiger partial charge in [-0.3, -0.25) is 4.79 Å². The standard InChI is InChI=1S/C14H15NO3S2/c1-7-5-11(20-9(7)3)12(16)15-13-10(14(17)18-4)6-8(2)19-13/h5-6H,1-4H3,(H,15,16). The molecule has 0 saturated heterocycles. The van der Waals surface area contributed by atoms with E-state index >= 15 is 0 Å². The summed E-state index contributed by atoms with van der Waals surface area (Å²) < 4.78 is 4.72. The number of methoxy groups -OCH3 is 1. The molecule has 4 nitrogen and oxygen atoms in total. The molecule has 2 heterocycles. The third-order valence-electron chi connectivity index (χ3n) is 2.88. The van der Waals surface area contributed by atoms with Gasteiger partial charge in [0.15, 0.2) is 0 Å². The van der Waals surface area contributed by atoms with Crippen LogP contribution in [-0.2, 0) is 4.74 Å². The highest BCUT2D eigenvalue weighted by Crippen LogP contribution is 2.29. The number of rotatable bonds is 3. The molecule has 2 rings (SSSR count). The van der Waals surface area contributed by atoms with Crippen LogP contribution in [0.1, 0.15) is 35.3 Å². The summed E-state index contributed by atoms with van der Waals surface area (Å²) in [6, 6.07) is 3.57. The van der Waals surface area contributed by atoms with E-state index in [0.717, 1.165) is 15.3 Å². The molecule has 1 N–H and O–H groups in total. The van der Waals surface area contributed by atoms with Crippen LogP contribution in [-0.4, -0.2) is 19.0 Å². The van der Waals surface area contributed by atoms with Crippen LogP contribution in [0.2, 0.25) is 0 Å². The molecule has 0 spiro atoms. The van der Waals surface area contributed by atoms with Gasteiger partial charge in [-0.15, -0.1) is 22.7 Å². The molecule has 0 aliphatic carbocycles. The van der Waals surface area contributed by atoms with Gasteiger partial charge in [0.25, 0.3) is 5.91 Å². The summed E-state index contributed by atoms with van der Waals surface area (Å²) in [4.78, 5) is 26.6. The zero-order valence-electron chi connectivity index (χ0n) is 11.7. The lowest BCUT2D eigenvalue weighted by Gasteiger charge is -2.03. The number of anilines is 1. The Morgan fingerprint density at radius 1 is 1.15 bits per heavy atom. The summed E-state index contributed by atoms with van der Waals surface area (Å²) in [5.41, 5.74) is 1.49. The minimum absolute atomic E-state index is 0.196. The van der Waals surface area contributed by atoms with Crippen LogP contribution in [0.25, 0.3) is 0 Å². The van der Waals surface area contributed by atoms with E-state index in [2.05, 4.69) is 5.32 Å². The molecule has 2 aromatic heterocycles. The van der Waals surface area contributed by atoms with Gasteiger partial charge in [0, 0.05) is 9.75 Å². The number of aryl methyl sites for hydroxylation is 3. The third kappa shape index (κ3) is 2.91. The highest BCUT2D eigenvalue weighted by atomic mass is 32.1. The number of ether oxygens (including phenoxy) is 1. The quantitative estimate of drug-likeness (QED) is 0.878. The Morgan fingerprint density at radius 3 is 2.40 bits per heavy atom. The lowest BCUT2D eigenvalue weighted by atomic mass is 10.2. The first kappa shape index (κ1) is 14.7. The SMILES string of the molecule is COC(=O)c1cc(C)sc1NC(=O)c1cc(C)c(C)s1. The Kier molecular flexibility index (Phi) is 4.25. The summed E-state index contributed by atoms with van der Waals surface area (Å²) in [6.45, 7) is 5.83. The Balaban J connectivity index is 2.26. The maximum atomic E-state index is 12.2. The van der Waals surface area contributed by atoms with Gasteiger partial charge in [-0.2, -0.15) is 0 Å². The number of hydrogen-bond donors (Lipinski definition) is 1. The minimum atomic E-state index is -0.441. The Bertz CT molecular complexity index is 651. The van der Waals surface area contributed by atoms with Crippen LogP contribution < -0.4 is 5.32 Å². The molecule has 0 fully saturated rings. The molecule has 0 aliphatic rings. The number of nitrogens with one attached hydrogen (secondary N) is 1. The minimum Gasteiger partial charge on any atom is -0.465 e. The van der Waals surface area contributed by atoms with Crippen LogP contribution in [0.15, 0.2) is 12.1 Å². The molecule has 0 aliphatic heterocycles. The second-order valence-electron chi connectivity index (χ2n) is 4.40. The molecular formula is C14H15NO3S2. The maximum absolute atomic E-state index is 12.2. The topological polar surface area (TPSA) is 55.4 Å². The van der Waals surface area contributed by atoms with Gasteiger partial charge in [0.1, 0.15) is 5.00 Å². The van der Waals surface area contributed by atoms with Crippen LogP contribution in [0.4, 0.5) is 5.00 Å². The van der Waals surface area contributed by atoms with E-state index in [1.54, 1.807) is 6.07 Å². The Labute approximate surface area is 125 Å². The van der Waals surface area contributed by atoms with Crippen molar-refractivity contribution in [2.75, 3.05) is 12.4 Å². The fourth-order valence-corrected chi connectivity index (χ4v) is 3.54. The van der Waals surface area contributed by atoms with Crippen molar-refractivity contribution in [2.45, 2.75) is 20.8 Å². The Hall–Kier alpha value is -1.66. The van der Waals surface area contributed by atoms with E-state index in [1.807, 2.05) is 26.8 Å². The lowest BCUT2D eigenvalue weighted by molar-refractivity contribution is 0.0602. The van der Waals surface area contributed by atoms with E-state index in [9.17, 15) is 9.59 Å². The maximum Gasteiger partial charge on any atom is 0.340 e. The van der Waals surface area contributed by atoms with Crippen LogP contribution >= 0.6 is 22.7 Å². The first-order valence-electron chi connectivity index (χ1n) is 5.99. The fraction of sp³-hybridized carbons (Fsp3) is 0.286.